The lowest BCUT2D eigenvalue weighted by Crippen LogP contribution is -2.27. The van der Waals surface area contributed by atoms with Gasteiger partial charge in [0.25, 0.3) is 0 Å². The molecule has 1 atom stereocenters. The van der Waals surface area contributed by atoms with E-state index in [1.165, 1.54) is 6.07 Å². The van der Waals surface area contributed by atoms with Crippen molar-refractivity contribution in [2.45, 2.75) is 64.9 Å². The molecule has 32 heavy (non-hydrogen) atoms. The van der Waals surface area contributed by atoms with Crippen LogP contribution in [0.5, 0.6) is 5.75 Å². The maximum absolute atomic E-state index is 12.9. The molecule has 2 aromatic carbocycles. The molecule has 1 unspecified atom stereocenters. The summed E-state index contributed by atoms with van der Waals surface area (Å²) in [6.45, 7) is 11.2. The Morgan fingerprint density at radius 1 is 0.938 bits per heavy atom. The van der Waals surface area contributed by atoms with E-state index in [0.29, 0.717) is 29.0 Å². The average molecular weight is 460 g/mol. The molecule has 6 nitrogen and oxygen atoms in total. The van der Waals surface area contributed by atoms with Gasteiger partial charge in [-0.3, -0.25) is 13.8 Å². The summed E-state index contributed by atoms with van der Waals surface area (Å²) < 4.78 is 12.5. The van der Waals surface area contributed by atoms with Crippen LogP contribution in [-0.2, 0) is 39.0 Å². The highest BCUT2D eigenvalue weighted by Gasteiger charge is 2.23. The van der Waals surface area contributed by atoms with Gasteiger partial charge in [0.05, 0.1) is 6.42 Å². The summed E-state index contributed by atoms with van der Waals surface area (Å²) in [6.07, 6.45) is 0.218. The second-order valence-corrected chi connectivity index (χ2v) is 12.2. The Morgan fingerprint density at radius 3 is 2.16 bits per heavy atom. The van der Waals surface area contributed by atoms with Gasteiger partial charge in [0.15, 0.2) is 0 Å². The van der Waals surface area contributed by atoms with E-state index >= 15 is 0 Å². The van der Waals surface area contributed by atoms with E-state index in [1.54, 1.807) is 18.2 Å². The Kier molecular flexibility index (Phi) is 7.88. The Balaban J connectivity index is 2.43. The fraction of sp³-hybridized carbons (Fsp3) is 0.440. The predicted octanol–water partition coefficient (Wildman–Crippen LogP) is 4.64. The zero-order valence-corrected chi connectivity index (χ0v) is 20.4. The van der Waals surface area contributed by atoms with E-state index < -0.39 is 26.9 Å². The first-order valence-electron chi connectivity index (χ1n) is 10.5. The predicted molar refractivity (Wildman–Crippen MR) is 128 cm³/mol. The minimum Gasteiger partial charge on any atom is -0.508 e. The lowest BCUT2D eigenvalue weighted by Gasteiger charge is -2.21. The highest BCUT2D eigenvalue weighted by Crippen LogP contribution is 2.28. The number of anilines is 1. The zero-order valence-electron chi connectivity index (χ0n) is 19.6. The van der Waals surface area contributed by atoms with Gasteiger partial charge >= 0.3 is 5.97 Å². The molecule has 1 amide bonds. The van der Waals surface area contributed by atoms with E-state index in [2.05, 4.69) is 5.32 Å². The number of amides is 1. The SMILES string of the molecule is CC(C)(C)C(=O)Nc1ccc(Cc2cc(CC(=O)O)ccc2O)c(CS(=O)C(C)(C)C)c1. The number of carboxylic acid groups (broad SMARTS) is 1. The summed E-state index contributed by atoms with van der Waals surface area (Å²) in [5, 5.41) is 22.3. The molecule has 0 bridgehead atoms. The normalized spacial score (nSPS) is 12.9. The third kappa shape index (κ3) is 7.19. The Morgan fingerprint density at radius 2 is 1.59 bits per heavy atom. The van der Waals surface area contributed by atoms with Crippen molar-refractivity contribution in [2.24, 2.45) is 5.41 Å². The van der Waals surface area contributed by atoms with Crippen LogP contribution in [0.3, 0.4) is 0 Å². The van der Waals surface area contributed by atoms with Crippen molar-refractivity contribution in [2.75, 3.05) is 5.32 Å². The first kappa shape index (κ1) is 25.6. The van der Waals surface area contributed by atoms with Gasteiger partial charge in [-0.25, -0.2) is 0 Å². The third-order valence-corrected chi connectivity index (χ3v) is 6.93. The number of phenolic OH excluding ortho intramolecular Hbond substituents is 1. The summed E-state index contributed by atoms with van der Waals surface area (Å²) in [6, 6.07) is 10.3. The molecule has 0 heterocycles. The molecule has 2 rings (SSSR count). The van der Waals surface area contributed by atoms with Crippen molar-refractivity contribution < 1.29 is 24.0 Å². The molecule has 2 aromatic rings. The van der Waals surface area contributed by atoms with Gasteiger partial charge in [-0.1, -0.05) is 39.0 Å². The molecule has 0 spiro atoms. The first-order valence-corrected chi connectivity index (χ1v) is 11.8. The molecule has 0 saturated carbocycles. The average Bonchev–Trinajstić information content (AvgIpc) is 2.64. The lowest BCUT2D eigenvalue weighted by molar-refractivity contribution is -0.136. The van der Waals surface area contributed by atoms with Crippen LogP contribution in [0, 0.1) is 5.41 Å². The topological polar surface area (TPSA) is 104 Å². The number of benzene rings is 2. The van der Waals surface area contributed by atoms with E-state index in [4.69, 9.17) is 5.11 Å². The molecule has 0 aliphatic heterocycles. The van der Waals surface area contributed by atoms with Crippen molar-refractivity contribution in [1.29, 1.82) is 0 Å². The van der Waals surface area contributed by atoms with Gasteiger partial charge in [-0.15, -0.1) is 0 Å². The highest BCUT2D eigenvalue weighted by molar-refractivity contribution is 7.85. The summed E-state index contributed by atoms with van der Waals surface area (Å²) in [5.41, 5.74) is 2.94. The fourth-order valence-corrected chi connectivity index (χ4v) is 3.94. The Labute approximate surface area is 192 Å². The molecule has 0 fully saturated rings. The number of carbonyl (C=O) groups excluding carboxylic acids is 1. The van der Waals surface area contributed by atoms with Gasteiger partial charge in [0, 0.05) is 38.8 Å². The van der Waals surface area contributed by atoms with Crippen molar-refractivity contribution in [3.63, 3.8) is 0 Å². The molecule has 3 N–H and O–H groups in total. The number of aromatic hydroxyl groups is 1. The van der Waals surface area contributed by atoms with Crippen LogP contribution in [0.2, 0.25) is 0 Å². The lowest BCUT2D eigenvalue weighted by atomic mass is 9.95. The number of rotatable bonds is 7. The summed E-state index contributed by atoms with van der Waals surface area (Å²) in [7, 11) is -1.17. The summed E-state index contributed by atoms with van der Waals surface area (Å²) in [5.74, 6) is -0.686. The second-order valence-electron chi connectivity index (χ2n) is 10.0. The highest BCUT2D eigenvalue weighted by atomic mass is 32.2. The molecule has 0 aliphatic carbocycles. The second kappa shape index (κ2) is 9.86. The molecule has 174 valence electrons. The standard InChI is InChI=1S/C25H33NO5S/c1-24(2,3)23(30)26-20-9-8-17(19(14-20)15-32(31)25(4,5)6)13-18-11-16(12-22(28)29)7-10-21(18)27/h7-11,14,27H,12-13,15H2,1-6H3,(H,26,30)(H,28,29). The van der Waals surface area contributed by atoms with Gasteiger partial charge in [0.1, 0.15) is 5.75 Å². The van der Waals surface area contributed by atoms with Crippen LogP contribution in [0.15, 0.2) is 36.4 Å². The largest absolute Gasteiger partial charge is 0.508 e. The van der Waals surface area contributed by atoms with Crippen LogP contribution >= 0.6 is 0 Å². The number of hydrogen-bond donors (Lipinski definition) is 3. The number of carboxylic acids is 1. The number of aliphatic carboxylic acids is 1. The smallest absolute Gasteiger partial charge is 0.307 e. The van der Waals surface area contributed by atoms with Crippen LogP contribution in [0.25, 0.3) is 0 Å². The van der Waals surface area contributed by atoms with E-state index in [1.807, 2.05) is 53.7 Å². The first-order chi connectivity index (χ1) is 14.7. The number of hydrogen-bond acceptors (Lipinski definition) is 4. The van der Waals surface area contributed by atoms with Gasteiger partial charge < -0.3 is 15.5 Å². The molecule has 0 saturated heterocycles. The number of phenols is 1. The third-order valence-electron chi connectivity index (χ3n) is 5.00. The van der Waals surface area contributed by atoms with Gasteiger partial charge in [0.2, 0.25) is 5.91 Å². The van der Waals surface area contributed by atoms with Crippen molar-refractivity contribution in [1.82, 2.24) is 0 Å². The summed E-state index contributed by atoms with van der Waals surface area (Å²) in [4.78, 5) is 23.5. The Hall–Kier alpha value is -2.67. The Bertz CT molecular complexity index is 1030. The van der Waals surface area contributed by atoms with Crippen molar-refractivity contribution in [3.05, 3.63) is 58.7 Å². The quantitative estimate of drug-likeness (QED) is 0.559. The maximum Gasteiger partial charge on any atom is 0.307 e. The van der Waals surface area contributed by atoms with E-state index in [-0.39, 0.29) is 18.1 Å². The molecule has 0 aromatic heterocycles. The summed E-state index contributed by atoms with van der Waals surface area (Å²) >= 11 is 0. The van der Waals surface area contributed by atoms with E-state index in [0.717, 1.165) is 11.1 Å². The number of nitrogens with one attached hydrogen (secondary N) is 1. The minimum atomic E-state index is -1.17. The fourth-order valence-electron chi connectivity index (χ4n) is 2.96. The van der Waals surface area contributed by atoms with Crippen LogP contribution < -0.4 is 5.32 Å². The van der Waals surface area contributed by atoms with Crippen LogP contribution in [-0.4, -0.2) is 31.0 Å². The van der Waals surface area contributed by atoms with E-state index in [9.17, 15) is 18.9 Å². The van der Waals surface area contributed by atoms with Crippen LogP contribution in [0.4, 0.5) is 5.69 Å². The van der Waals surface area contributed by atoms with Crippen molar-refractivity contribution >= 4 is 28.4 Å². The maximum atomic E-state index is 12.9. The number of carbonyl (C=O) groups is 2. The monoisotopic (exact) mass is 459 g/mol. The zero-order chi connectivity index (χ0) is 24.3. The minimum absolute atomic E-state index is 0.0761. The van der Waals surface area contributed by atoms with Gasteiger partial charge in [-0.05, 0) is 61.2 Å². The van der Waals surface area contributed by atoms with Crippen molar-refractivity contribution in [3.8, 4) is 5.75 Å². The molecule has 0 radical (unpaired) electrons. The van der Waals surface area contributed by atoms with Gasteiger partial charge in [-0.2, -0.15) is 0 Å². The molecular weight excluding hydrogens is 426 g/mol. The molecular formula is C25H33NO5S. The molecule has 7 heteroatoms. The molecule has 0 aliphatic rings. The van der Waals surface area contributed by atoms with Crippen LogP contribution in [0.1, 0.15) is 63.8 Å².